The highest BCUT2D eigenvalue weighted by Gasteiger charge is 2.10. The molecule has 0 bridgehead atoms. The van der Waals surface area contributed by atoms with Gasteiger partial charge in [-0.25, -0.2) is 0 Å². The van der Waals surface area contributed by atoms with Crippen LogP contribution in [-0.4, -0.2) is 29.7 Å². The third-order valence-corrected chi connectivity index (χ3v) is 3.01. The SMILES string of the molecule is CCOCCNc1c(C(N)=S)cnc2ccccc12. The minimum absolute atomic E-state index is 0.345. The Morgan fingerprint density at radius 1 is 1.42 bits per heavy atom. The van der Waals surface area contributed by atoms with Gasteiger partial charge in [0.1, 0.15) is 4.99 Å². The van der Waals surface area contributed by atoms with Crippen molar-refractivity contribution in [3.8, 4) is 0 Å². The van der Waals surface area contributed by atoms with Crippen molar-refractivity contribution in [3.63, 3.8) is 0 Å². The lowest BCUT2D eigenvalue weighted by Crippen LogP contribution is -2.16. The standard InChI is InChI=1S/C14H17N3OS/c1-2-18-8-7-16-13-10-5-3-4-6-12(10)17-9-11(13)14(15)19/h3-6,9H,2,7-8H2,1H3,(H2,15,19)(H,16,17). The molecule has 19 heavy (non-hydrogen) atoms. The van der Waals surface area contributed by atoms with Gasteiger partial charge in [0, 0.05) is 24.7 Å². The first-order chi connectivity index (χ1) is 9.24. The zero-order valence-corrected chi connectivity index (χ0v) is 11.7. The highest BCUT2D eigenvalue weighted by Crippen LogP contribution is 2.25. The maximum absolute atomic E-state index is 5.76. The van der Waals surface area contributed by atoms with Gasteiger partial charge in [0.25, 0.3) is 0 Å². The second kappa shape index (κ2) is 6.45. The normalized spacial score (nSPS) is 10.6. The van der Waals surface area contributed by atoms with Gasteiger partial charge < -0.3 is 15.8 Å². The molecule has 4 nitrogen and oxygen atoms in total. The number of nitrogens with zero attached hydrogens (tertiary/aromatic N) is 1. The van der Waals surface area contributed by atoms with E-state index in [1.54, 1.807) is 6.20 Å². The molecule has 3 N–H and O–H groups in total. The number of rotatable bonds is 6. The summed E-state index contributed by atoms with van der Waals surface area (Å²) in [5.74, 6) is 0. The topological polar surface area (TPSA) is 60.2 Å². The van der Waals surface area contributed by atoms with Crippen LogP contribution < -0.4 is 11.1 Å². The van der Waals surface area contributed by atoms with Crippen LogP contribution in [0.3, 0.4) is 0 Å². The van der Waals surface area contributed by atoms with Crippen LogP contribution in [0.15, 0.2) is 30.5 Å². The Hall–Kier alpha value is -1.72. The molecule has 0 fully saturated rings. The molecule has 0 aliphatic rings. The molecule has 1 heterocycles. The van der Waals surface area contributed by atoms with Crippen LogP contribution in [0, 0.1) is 0 Å². The van der Waals surface area contributed by atoms with E-state index < -0.39 is 0 Å². The van der Waals surface area contributed by atoms with E-state index in [1.807, 2.05) is 31.2 Å². The second-order valence-corrected chi connectivity index (χ2v) is 4.49. The fourth-order valence-electron chi connectivity index (χ4n) is 1.91. The first kappa shape index (κ1) is 13.7. The van der Waals surface area contributed by atoms with Crippen molar-refractivity contribution in [1.82, 2.24) is 4.98 Å². The number of hydrogen-bond acceptors (Lipinski definition) is 4. The van der Waals surface area contributed by atoms with Gasteiger partial charge in [0.05, 0.1) is 23.4 Å². The number of nitrogens with one attached hydrogen (secondary N) is 1. The van der Waals surface area contributed by atoms with Crippen molar-refractivity contribution < 1.29 is 4.74 Å². The molecule has 0 radical (unpaired) electrons. The third-order valence-electron chi connectivity index (χ3n) is 2.79. The molecule has 0 aliphatic carbocycles. The van der Waals surface area contributed by atoms with Crippen LogP contribution in [0.5, 0.6) is 0 Å². The van der Waals surface area contributed by atoms with Crippen molar-refractivity contribution in [3.05, 3.63) is 36.0 Å². The van der Waals surface area contributed by atoms with E-state index in [0.29, 0.717) is 24.7 Å². The first-order valence-electron chi connectivity index (χ1n) is 6.23. The fourth-order valence-corrected chi connectivity index (χ4v) is 2.07. The van der Waals surface area contributed by atoms with Crippen LogP contribution in [-0.2, 0) is 4.74 Å². The summed E-state index contributed by atoms with van der Waals surface area (Å²) >= 11 is 5.08. The van der Waals surface area contributed by atoms with Gasteiger partial charge in [0.2, 0.25) is 0 Å². The van der Waals surface area contributed by atoms with E-state index in [9.17, 15) is 0 Å². The largest absolute Gasteiger partial charge is 0.389 e. The molecule has 0 saturated heterocycles. The third kappa shape index (κ3) is 3.19. The molecule has 2 rings (SSSR count). The molecule has 0 amide bonds. The van der Waals surface area contributed by atoms with Crippen LogP contribution in [0.4, 0.5) is 5.69 Å². The van der Waals surface area contributed by atoms with Crippen molar-refractivity contribution in [2.45, 2.75) is 6.92 Å². The lowest BCUT2D eigenvalue weighted by molar-refractivity contribution is 0.158. The summed E-state index contributed by atoms with van der Waals surface area (Å²) in [4.78, 5) is 4.71. The van der Waals surface area contributed by atoms with E-state index in [0.717, 1.165) is 22.2 Å². The predicted molar refractivity (Wildman–Crippen MR) is 82.6 cm³/mol. The Morgan fingerprint density at radius 3 is 2.95 bits per heavy atom. The first-order valence-corrected chi connectivity index (χ1v) is 6.64. The quantitative estimate of drug-likeness (QED) is 0.626. The monoisotopic (exact) mass is 275 g/mol. The Balaban J connectivity index is 2.35. The zero-order chi connectivity index (χ0) is 13.7. The molecule has 1 aromatic carbocycles. The lowest BCUT2D eigenvalue weighted by Gasteiger charge is -2.13. The van der Waals surface area contributed by atoms with Crippen molar-refractivity contribution >= 4 is 33.8 Å². The van der Waals surface area contributed by atoms with Crippen LogP contribution in [0.25, 0.3) is 10.9 Å². The molecule has 5 heteroatoms. The summed E-state index contributed by atoms with van der Waals surface area (Å²) in [5.41, 5.74) is 8.37. The number of thiocarbonyl (C=S) groups is 1. The number of anilines is 1. The Bertz CT molecular complexity index is 586. The average molecular weight is 275 g/mol. The molecule has 1 aromatic heterocycles. The maximum atomic E-state index is 5.76. The van der Waals surface area contributed by atoms with Gasteiger partial charge in [-0.2, -0.15) is 0 Å². The minimum atomic E-state index is 0.345. The fraction of sp³-hybridized carbons (Fsp3) is 0.286. The minimum Gasteiger partial charge on any atom is -0.389 e. The van der Waals surface area contributed by atoms with E-state index in [1.165, 1.54) is 0 Å². The highest BCUT2D eigenvalue weighted by atomic mass is 32.1. The van der Waals surface area contributed by atoms with E-state index in [-0.39, 0.29) is 0 Å². The smallest absolute Gasteiger partial charge is 0.107 e. The number of benzene rings is 1. The number of pyridine rings is 1. The second-order valence-electron chi connectivity index (χ2n) is 4.05. The summed E-state index contributed by atoms with van der Waals surface area (Å²) in [5, 5.41) is 4.36. The number of nitrogens with two attached hydrogens (primary N) is 1. The molecule has 100 valence electrons. The van der Waals surface area contributed by atoms with Gasteiger partial charge in [-0.05, 0) is 13.0 Å². The number of ether oxygens (including phenoxy) is 1. The molecule has 0 unspecified atom stereocenters. The van der Waals surface area contributed by atoms with Crippen LogP contribution in [0.2, 0.25) is 0 Å². The summed E-state index contributed by atoms with van der Waals surface area (Å²) in [6.07, 6.45) is 1.72. The summed E-state index contributed by atoms with van der Waals surface area (Å²) in [6, 6.07) is 7.90. The molecule has 0 saturated carbocycles. The number of para-hydroxylation sites is 1. The molecular weight excluding hydrogens is 258 g/mol. The summed E-state index contributed by atoms with van der Waals surface area (Å²) in [7, 11) is 0. The summed E-state index contributed by atoms with van der Waals surface area (Å²) < 4.78 is 5.33. The van der Waals surface area contributed by atoms with Gasteiger partial charge >= 0.3 is 0 Å². The van der Waals surface area contributed by atoms with Crippen LogP contribution in [0.1, 0.15) is 12.5 Å². The lowest BCUT2D eigenvalue weighted by atomic mass is 10.1. The predicted octanol–water partition coefficient (Wildman–Crippen LogP) is 2.32. The van der Waals surface area contributed by atoms with Gasteiger partial charge in [-0.1, -0.05) is 30.4 Å². The molecule has 0 aliphatic heterocycles. The average Bonchev–Trinajstić information content (AvgIpc) is 2.43. The van der Waals surface area contributed by atoms with Gasteiger partial charge in [-0.15, -0.1) is 0 Å². The maximum Gasteiger partial charge on any atom is 0.107 e. The van der Waals surface area contributed by atoms with E-state index >= 15 is 0 Å². The Morgan fingerprint density at radius 2 is 2.21 bits per heavy atom. The Labute approximate surface area is 118 Å². The van der Waals surface area contributed by atoms with Crippen molar-refractivity contribution in [1.29, 1.82) is 0 Å². The zero-order valence-electron chi connectivity index (χ0n) is 10.8. The van der Waals surface area contributed by atoms with Crippen molar-refractivity contribution in [2.75, 3.05) is 25.1 Å². The highest BCUT2D eigenvalue weighted by molar-refractivity contribution is 7.80. The van der Waals surface area contributed by atoms with Crippen molar-refractivity contribution in [2.24, 2.45) is 5.73 Å². The molecular formula is C14H17N3OS. The van der Waals surface area contributed by atoms with E-state index in [4.69, 9.17) is 22.7 Å². The van der Waals surface area contributed by atoms with Gasteiger partial charge in [0.15, 0.2) is 0 Å². The van der Waals surface area contributed by atoms with Gasteiger partial charge in [-0.3, -0.25) is 4.98 Å². The molecule has 0 atom stereocenters. The summed E-state index contributed by atoms with van der Waals surface area (Å²) in [6.45, 7) is 4.03. The van der Waals surface area contributed by atoms with E-state index in [2.05, 4.69) is 10.3 Å². The number of aromatic nitrogens is 1. The van der Waals surface area contributed by atoms with Crippen LogP contribution >= 0.6 is 12.2 Å². The molecule has 2 aromatic rings. The number of fused-ring (bicyclic) bond motifs is 1. The molecule has 0 spiro atoms. The Kier molecular flexibility index (Phi) is 4.65. The number of hydrogen-bond donors (Lipinski definition) is 2.